The van der Waals surface area contributed by atoms with Crippen LogP contribution in [0.2, 0.25) is 0 Å². The molecule has 1 atom stereocenters. The summed E-state index contributed by atoms with van der Waals surface area (Å²) in [6.07, 6.45) is 1.97. The maximum atomic E-state index is 11.1. The molecule has 0 aromatic carbocycles. The van der Waals surface area contributed by atoms with Gasteiger partial charge in [-0.25, -0.2) is 4.79 Å². The monoisotopic (exact) mass is 200 g/mol. The summed E-state index contributed by atoms with van der Waals surface area (Å²) in [5, 5.41) is 6.17. The summed E-state index contributed by atoms with van der Waals surface area (Å²) in [6.45, 7) is 6.41. The lowest BCUT2D eigenvalue weighted by Crippen LogP contribution is -2.42. The third-order valence-corrected chi connectivity index (χ3v) is 2.71. The Bertz CT molecular complexity index is 179. The maximum Gasteiger partial charge on any atom is 0.407 e. The molecule has 82 valence electrons. The second-order valence-corrected chi connectivity index (χ2v) is 3.74. The quantitative estimate of drug-likeness (QED) is 0.717. The molecule has 14 heavy (non-hydrogen) atoms. The van der Waals surface area contributed by atoms with Gasteiger partial charge in [0.05, 0.1) is 6.61 Å². The Morgan fingerprint density at radius 1 is 1.57 bits per heavy atom. The van der Waals surface area contributed by atoms with Crippen molar-refractivity contribution < 1.29 is 9.53 Å². The summed E-state index contributed by atoms with van der Waals surface area (Å²) >= 11 is 0. The second-order valence-electron chi connectivity index (χ2n) is 3.74. The summed E-state index contributed by atoms with van der Waals surface area (Å²) in [5.41, 5.74) is 0. The Morgan fingerprint density at radius 2 is 2.21 bits per heavy atom. The van der Waals surface area contributed by atoms with Crippen molar-refractivity contribution in [2.24, 2.45) is 5.92 Å². The van der Waals surface area contributed by atoms with Gasteiger partial charge < -0.3 is 15.4 Å². The van der Waals surface area contributed by atoms with E-state index in [1.165, 1.54) is 0 Å². The summed E-state index contributed by atoms with van der Waals surface area (Å²) in [6, 6.07) is 0.219. The van der Waals surface area contributed by atoms with E-state index in [9.17, 15) is 4.79 Å². The van der Waals surface area contributed by atoms with Crippen LogP contribution in [0.15, 0.2) is 0 Å². The molecule has 0 radical (unpaired) electrons. The van der Waals surface area contributed by atoms with Crippen molar-refractivity contribution in [2.75, 3.05) is 19.7 Å². The molecule has 1 unspecified atom stereocenters. The third kappa shape index (κ3) is 3.54. The first-order valence-corrected chi connectivity index (χ1v) is 5.38. The van der Waals surface area contributed by atoms with Crippen molar-refractivity contribution >= 4 is 6.09 Å². The fraction of sp³-hybridized carbons (Fsp3) is 0.900. The maximum absolute atomic E-state index is 11.1. The molecular weight excluding hydrogens is 180 g/mol. The standard InChI is InChI=1S/C10H20N2O2/c1-3-14-10(13)12-8(2)9-4-6-11-7-5-9/h8-9,11H,3-7H2,1-2H3,(H,12,13). The largest absolute Gasteiger partial charge is 0.450 e. The van der Waals surface area contributed by atoms with Crippen LogP contribution in [0.1, 0.15) is 26.7 Å². The first-order valence-electron chi connectivity index (χ1n) is 5.38. The predicted octanol–water partition coefficient (Wildman–Crippen LogP) is 1.12. The third-order valence-electron chi connectivity index (χ3n) is 2.71. The number of alkyl carbamates (subject to hydrolysis) is 1. The van der Waals surface area contributed by atoms with Crippen molar-refractivity contribution in [3.8, 4) is 0 Å². The van der Waals surface area contributed by atoms with Gasteiger partial charge in [0, 0.05) is 6.04 Å². The normalized spacial score (nSPS) is 20.1. The Kier molecular flexibility index (Phi) is 4.73. The summed E-state index contributed by atoms with van der Waals surface area (Å²) in [5.74, 6) is 0.584. The minimum absolute atomic E-state index is 0.219. The van der Waals surface area contributed by atoms with E-state index in [1.807, 2.05) is 13.8 Å². The smallest absolute Gasteiger partial charge is 0.407 e. The molecular formula is C10H20N2O2. The molecule has 0 aromatic heterocycles. The number of carbonyl (C=O) groups is 1. The minimum Gasteiger partial charge on any atom is -0.450 e. The fourth-order valence-electron chi connectivity index (χ4n) is 1.82. The first kappa shape index (κ1) is 11.3. The molecule has 0 bridgehead atoms. The van der Waals surface area contributed by atoms with Gasteiger partial charge in [-0.3, -0.25) is 0 Å². The van der Waals surface area contributed by atoms with E-state index in [0.717, 1.165) is 25.9 Å². The van der Waals surface area contributed by atoms with Gasteiger partial charge >= 0.3 is 6.09 Å². The number of ether oxygens (including phenoxy) is 1. The SMILES string of the molecule is CCOC(=O)NC(C)C1CCNCC1. The highest BCUT2D eigenvalue weighted by Gasteiger charge is 2.21. The Morgan fingerprint density at radius 3 is 2.79 bits per heavy atom. The number of amides is 1. The van der Waals surface area contributed by atoms with Gasteiger partial charge in [0.25, 0.3) is 0 Å². The van der Waals surface area contributed by atoms with Crippen LogP contribution in [0.4, 0.5) is 4.79 Å². The zero-order valence-corrected chi connectivity index (χ0v) is 9.01. The van der Waals surface area contributed by atoms with Gasteiger partial charge in [-0.1, -0.05) is 0 Å². The summed E-state index contributed by atoms with van der Waals surface area (Å²) < 4.78 is 4.84. The average Bonchev–Trinajstić information content (AvgIpc) is 2.19. The van der Waals surface area contributed by atoms with Crippen LogP contribution >= 0.6 is 0 Å². The lowest BCUT2D eigenvalue weighted by atomic mass is 9.91. The van der Waals surface area contributed by atoms with Crippen LogP contribution in [0.25, 0.3) is 0 Å². The van der Waals surface area contributed by atoms with Crippen LogP contribution in [0, 0.1) is 5.92 Å². The van der Waals surface area contributed by atoms with Crippen LogP contribution < -0.4 is 10.6 Å². The van der Waals surface area contributed by atoms with Crippen molar-refractivity contribution in [3.05, 3.63) is 0 Å². The van der Waals surface area contributed by atoms with E-state index in [0.29, 0.717) is 12.5 Å². The molecule has 4 nitrogen and oxygen atoms in total. The van der Waals surface area contributed by atoms with Gasteiger partial charge in [0.1, 0.15) is 0 Å². The number of rotatable bonds is 3. The molecule has 0 aliphatic carbocycles. The molecule has 1 aliphatic heterocycles. The van der Waals surface area contributed by atoms with Crippen molar-refractivity contribution in [1.29, 1.82) is 0 Å². The lowest BCUT2D eigenvalue weighted by molar-refractivity contribution is 0.142. The van der Waals surface area contributed by atoms with Gasteiger partial charge in [0.15, 0.2) is 0 Å². The number of carbonyl (C=O) groups excluding carboxylic acids is 1. The van der Waals surface area contributed by atoms with Gasteiger partial charge in [-0.05, 0) is 45.7 Å². The van der Waals surface area contributed by atoms with Crippen LogP contribution in [-0.4, -0.2) is 31.8 Å². The molecule has 1 aliphatic rings. The molecule has 1 heterocycles. The van der Waals surface area contributed by atoms with E-state index >= 15 is 0 Å². The van der Waals surface area contributed by atoms with E-state index in [-0.39, 0.29) is 12.1 Å². The van der Waals surface area contributed by atoms with Crippen LogP contribution in [0.5, 0.6) is 0 Å². The van der Waals surface area contributed by atoms with Gasteiger partial charge in [-0.15, -0.1) is 0 Å². The second kappa shape index (κ2) is 5.86. The minimum atomic E-state index is -0.293. The van der Waals surface area contributed by atoms with Gasteiger partial charge in [0.2, 0.25) is 0 Å². The number of piperidine rings is 1. The van der Waals surface area contributed by atoms with E-state index in [2.05, 4.69) is 10.6 Å². The topological polar surface area (TPSA) is 50.4 Å². The van der Waals surface area contributed by atoms with Gasteiger partial charge in [-0.2, -0.15) is 0 Å². The first-order chi connectivity index (χ1) is 6.74. The highest BCUT2D eigenvalue weighted by molar-refractivity contribution is 5.67. The number of hydrogen-bond acceptors (Lipinski definition) is 3. The van der Waals surface area contributed by atoms with E-state index in [4.69, 9.17) is 4.74 Å². The predicted molar refractivity (Wildman–Crippen MR) is 55.2 cm³/mol. The zero-order chi connectivity index (χ0) is 10.4. The zero-order valence-electron chi connectivity index (χ0n) is 9.01. The molecule has 1 saturated heterocycles. The molecule has 0 spiro atoms. The number of nitrogens with one attached hydrogen (secondary N) is 2. The molecule has 0 saturated carbocycles. The Labute approximate surface area is 85.4 Å². The lowest BCUT2D eigenvalue weighted by Gasteiger charge is -2.28. The molecule has 1 fully saturated rings. The molecule has 4 heteroatoms. The molecule has 1 amide bonds. The summed E-state index contributed by atoms with van der Waals surface area (Å²) in [4.78, 5) is 11.1. The molecule has 0 aromatic rings. The van der Waals surface area contributed by atoms with Crippen molar-refractivity contribution in [3.63, 3.8) is 0 Å². The Hall–Kier alpha value is -0.770. The van der Waals surface area contributed by atoms with E-state index in [1.54, 1.807) is 0 Å². The molecule has 1 rings (SSSR count). The highest BCUT2D eigenvalue weighted by Crippen LogP contribution is 2.15. The number of hydrogen-bond donors (Lipinski definition) is 2. The molecule has 2 N–H and O–H groups in total. The Balaban J connectivity index is 2.25. The summed E-state index contributed by atoms with van der Waals surface area (Å²) in [7, 11) is 0. The fourth-order valence-corrected chi connectivity index (χ4v) is 1.82. The van der Waals surface area contributed by atoms with Crippen LogP contribution in [0.3, 0.4) is 0 Å². The average molecular weight is 200 g/mol. The highest BCUT2D eigenvalue weighted by atomic mass is 16.5. The van der Waals surface area contributed by atoms with E-state index < -0.39 is 0 Å². The van der Waals surface area contributed by atoms with Crippen molar-refractivity contribution in [2.45, 2.75) is 32.7 Å². The van der Waals surface area contributed by atoms with Crippen molar-refractivity contribution in [1.82, 2.24) is 10.6 Å². The van der Waals surface area contributed by atoms with Crippen LogP contribution in [-0.2, 0) is 4.74 Å².